The summed E-state index contributed by atoms with van der Waals surface area (Å²) in [5.74, 6) is -34.9. The van der Waals surface area contributed by atoms with E-state index in [0.29, 0.717) is 0 Å². The van der Waals surface area contributed by atoms with Crippen molar-refractivity contribution in [3.8, 4) is 0 Å². The molecule has 0 saturated carbocycles. The Morgan fingerprint density at radius 2 is 0.586 bits per heavy atom. The lowest BCUT2D eigenvalue weighted by Crippen LogP contribution is -2.77. The standard InChI is InChI=1S/C8F20Si/c9-1(10,3(13,14)5(17,18)19)2(11,12)4(15,16)7(23,24)29(27,28)8(25,26)6(20,21)22. The fraction of sp³-hybridized carbons (Fsp3) is 1.00. The molecule has 0 aromatic rings. The van der Waals surface area contributed by atoms with Crippen LogP contribution in [0.15, 0.2) is 0 Å². The second kappa shape index (κ2) is 6.41. The Hall–Kier alpha value is -1.18. The van der Waals surface area contributed by atoms with Gasteiger partial charge in [0.1, 0.15) is 0 Å². The molecule has 0 rings (SSSR count). The van der Waals surface area contributed by atoms with Crippen molar-refractivity contribution in [1.82, 2.24) is 0 Å². The van der Waals surface area contributed by atoms with Crippen LogP contribution in [0.3, 0.4) is 0 Å². The summed E-state index contributed by atoms with van der Waals surface area (Å²) < 4.78 is 249. The minimum atomic E-state index is -10.6. The molecule has 0 bridgehead atoms. The third-order valence-corrected chi connectivity index (χ3v) is 5.25. The van der Waals surface area contributed by atoms with Gasteiger partial charge in [-0.1, -0.05) is 0 Å². The molecule has 0 aromatic carbocycles. The highest BCUT2D eigenvalue weighted by molar-refractivity contribution is 6.71. The van der Waals surface area contributed by atoms with Crippen molar-refractivity contribution in [2.45, 2.75) is 47.1 Å². The lowest BCUT2D eigenvalue weighted by molar-refractivity contribution is -0.436. The molecule has 0 unspecified atom stereocenters. The monoisotopic (exact) mass is 504 g/mol. The first-order valence-corrected chi connectivity index (χ1v) is 7.54. The van der Waals surface area contributed by atoms with E-state index in [9.17, 15) is 87.2 Å². The van der Waals surface area contributed by atoms with E-state index >= 15 is 0 Å². The summed E-state index contributed by atoms with van der Waals surface area (Å²) >= 11 is 0. The molecule has 176 valence electrons. The van der Waals surface area contributed by atoms with E-state index in [4.69, 9.17) is 0 Å². The lowest BCUT2D eigenvalue weighted by atomic mass is 9.98. The molecule has 29 heavy (non-hydrogen) atoms. The SMILES string of the molecule is FC(F)(F)C(F)(F)C(F)(F)C(F)(F)C(F)(F)C(F)(F)[Si](F)(F)C(F)(F)C(F)(F)F. The van der Waals surface area contributed by atoms with E-state index in [-0.39, 0.29) is 0 Å². The highest BCUT2D eigenvalue weighted by Crippen LogP contribution is 2.63. The van der Waals surface area contributed by atoms with Gasteiger partial charge in [0.15, 0.2) is 0 Å². The topological polar surface area (TPSA) is 0 Å². The van der Waals surface area contributed by atoms with E-state index < -0.39 is 55.9 Å². The Balaban J connectivity index is 6.82. The van der Waals surface area contributed by atoms with Crippen molar-refractivity contribution < 1.29 is 87.2 Å². The molecular formula is C8F20Si. The quantitative estimate of drug-likeness (QED) is 0.224. The molecule has 0 heterocycles. The van der Waals surface area contributed by atoms with Crippen molar-refractivity contribution in [2.24, 2.45) is 0 Å². The fourth-order valence-corrected chi connectivity index (χ4v) is 2.64. The van der Waals surface area contributed by atoms with Crippen molar-refractivity contribution in [2.75, 3.05) is 0 Å². The highest BCUT2D eigenvalue weighted by Gasteiger charge is 2.98. The third-order valence-electron chi connectivity index (χ3n) is 3.08. The van der Waals surface area contributed by atoms with Crippen LogP contribution in [0.25, 0.3) is 0 Å². The van der Waals surface area contributed by atoms with Gasteiger partial charge in [-0.25, -0.2) is 0 Å². The van der Waals surface area contributed by atoms with Crippen LogP contribution >= 0.6 is 0 Å². The average Bonchev–Trinajstić information content (AvgIpc) is 2.43. The molecule has 0 N–H and O–H groups in total. The minimum Gasteiger partial charge on any atom is -0.257 e. The van der Waals surface area contributed by atoms with Gasteiger partial charge >= 0.3 is 55.9 Å². The van der Waals surface area contributed by atoms with Gasteiger partial charge in [-0.2, -0.15) is 79.0 Å². The van der Waals surface area contributed by atoms with E-state index in [1.54, 1.807) is 0 Å². The number of hydrogen-bond donors (Lipinski definition) is 0. The highest BCUT2D eigenvalue weighted by atomic mass is 28.4. The van der Waals surface area contributed by atoms with Crippen LogP contribution in [-0.2, 0) is 0 Å². The number of halogens is 20. The number of hydrogen-bond acceptors (Lipinski definition) is 0. The maximum absolute atomic E-state index is 13.0. The maximum Gasteiger partial charge on any atom is 0.578 e. The van der Waals surface area contributed by atoms with Gasteiger partial charge in [0.2, 0.25) is 0 Å². The van der Waals surface area contributed by atoms with Crippen molar-refractivity contribution in [3.05, 3.63) is 0 Å². The summed E-state index contributed by atoms with van der Waals surface area (Å²) in [6.07, 6.45) is -15.8. The molecule has 0 amide bonds. The summed E-state index contributed by atoms with van der Waals surface area (Å²) in [7, 11) is -10.6. The van der Waals surface area contributed by atoms with Crippen LogP contribution in [0.4, 0.5) is 87.2 Å². The van der Waals surface area contributed by atoms with Crippen molar-refractivity contribution in [3.63, 3.8) is 0 Å². The Bertz CT molecular complexity index is 553. The molecule has 0 saturated heterocycles. The van der Waals surface area contributed by atoms with Crippen LogP contribution in [0.2, 0.25) is 0 Å². The number of rotatable bonds is 6. The molecule has 0 nitrogen and oxygen atoms in total. The fourth-order valence-electron chi connectivity index (χ4n) is 1.34. The van der Waals surface area contributed by atoms with Gasteiger partial charge in [0.05, 0.1) is 0 Å². The van der Waals surface area contributed by atoms with Crippen LogP contribution in [-0.4, -0.2) is 55.9 Å². The van der Waals surface area contributed by atoms with Crippen LogP contribution < -0.4 is 0 Å². The van der Waals surface area contributed by atoms with E-state index in [1.807, 2.05) is 0 Å². The average molecular weight is 504 g/mol. The first-order valence-electron chi connectivity index (χ1n) is 5.78. The Kier molecular flexibility index (Phi) is 6.15. The molecule has 0 fully saturated rings. The van der Waals surface area contributed by atoms with Gasteiger partial charge < -0.3 is 0 Å². The van der Waals surface area contributed by atoms with Crippen molar-refractivity contribution >= 4 is 8.74 Å². The molecule has 0 aliphatic heterocycles. The molecule has 0 spiro atoms. The summed E-state index contributed by atoms with van der Waals surface area (Å²) in [4.78, 5) is 0. The Morgan fingerprint density at radius 1 is 0.310 bits per heavy atom. The third kappa shape index (κ3) is 3.29. The molecule has 21 heteroatoms. The zero-order chi connectivity index (χ0) is 24.5. The van der Waals surface area contributed by atoms with E-state index in [2.05, 4.69) is 0 Å². The number of alkyl halides is 18. The predicted molar refractivity (Wildman–Crippen MR) is 49.8 cm³/mol. The van der Waals surface area contributed by atoms with Gasteiger partial charge in [-0.15, -0.1) is 0 Å². The minimum absolute atomic E-state index is 7.87. The van der Waals surface area contributed by atoms with Gasteiger partial charge in [-0.3, -0.25) is 8.22 Å². The van der Waals surface area contributed by atoms with Crippen LogP contribution in [0, 0.1) is 0 Å². The second-order valence-electron chi connectivity index (χ2n) is 5.02. The summed E-state index contributed by atoms with van der Waals surface area (Å²) in [5, 5.41) is 0. The summed E-state index contributed by atoms with van der Waals surface area (Å²) in [6, 6.07) is 0. The first-order chi connectivity index (χ1) is 12.0. The summed E-state index contributed by atoms with van der Waals surface area (Å²) in [6.45, 7) is 0. The Morgan fingerprint density at radius 3 is 0.828 bits per heavy atom. The molecule has 0 radical (unpaired) electrons. The normalized spacial score (nSPS) is 17.0. The maximum atomic E-state index is 13.0. The molecular weight excluding hydrogens is 504 g/mol. The van der Waals surface area contributed by atoms with Gasteiger partial charge in [0, 0.05) is 0 Å². The van der Waals surface area contributed by atoms with E-state index in [0.717, 1.165) is 0 Å². The zero-order valence-corrected chi connectivity index (χ0v) is 13.1. The molecule has 0 aliphatic carbocycles. The summed E-state index contributed by atoms with van der Waals surface area (Å²) in [5.41, 5.74) is -17.0. The Labute approximate surface area is 144 Å². The smallest absolute Gasteiger partial charge is 0.257 e. The second-order valence-corrected chi connectivity index (χ2v) is 7.42. The molecule has 0 atom stereocenters. The van der Waals surface area contributed by atoms with Crippen LogP contribution in [0.1, 0.15) is 0 Å². The first kappa shape index (κ1) is 27.8. The van der Waals surface area contributed by atoms with Crippen LogP contribution in [0.5, 0.6) is 0 Å². The zero-order valence-electron chi connectivity index (χ0n) is 12.1. The van der Waals surface area contributed by atoms with E-state index in [1.165, 1.54) is 0 Å². The van der Waals surface area contributed by atoms with Gasteiger partial charge in [0.25, 0.3) is 0 Å². The lowest BCUT2D eigenvalue weighted by Gasteiger charge is -2.41. The predicted octanol–water partition coefficient (Wildman–Crippen LogP) is 6.38. The molecule has 0 aromatic heterocycles. The molecule has 0 aliphatic rings. The van der Waals surface area contributed by atoms with Crippen molar-refractivity contribution in [1.29, 1.82) is 0 Å². The van der Waals surface area contributed by atoms with Gasteiger partial charge in [-0.05, 0) is 0 Å². The largest absolute Gasteiger partial charge is 0.578 e.